The number of carbonyl (C=O) groups excluding carboxylic acids is 1. The molecule has 2 heterocycles. The molecular formula is C22H22F3N3O2. The number of rotatable bonds is 3. The zero-order valence-electron chi connectivity index (χ0n) is 16.2. The molecule has 30 heavy (non-hydrogen) atoms. The van der Waals surface area contributed by atoms with Crippen molar-refractivity contribution in [1.82, 2.24) is 15.7 Å². The number of halogens is 3. The molecule has 2 amide bonds. The van der Waals surface area contributed by atoms with Gasteiger partial charge in [0.25, 0.3) is 0 Å². The van der Waals surface area contributed by atoms with Crippen LogP contribution in [0.25, 0.3) is 5.70 Å². The van der Waals surface area contributed by atoms with Crippen LogP contribution in [-0.2, 0) is 17.6 Å². The lowest BCUT2D eigenvalue weighted by atomic mass is 9.90. The van der Waals surface area contributed by atoms with E-state index >= 15 is 0 Å². The van der Waals surface area contributed by atoms with Crippen LogP contribution in [0.5, 0.6) is 0 Å². The van der Waals surface area contributed by atoms with Crippen molar-refractivity contribution in [2.24, 2.45) is 0 Å². The van der Waals surface area contributed by atoms with Crippen LogP contribution in [0.3, 0.4) is 0 Å². The molecule has 2 aliphatic rings. The summed E-state index contributed by atoms with van der Waals surface area (Å²) in [6, 6.07) is 14.5. The topological polar surface area (TPSA) is 53.6 Å². The highest BCUT2D eigenvalue weighted by atomic mass is 19.4. The van der Waals surface area contributed by atoms with Crippen LogP contribution in [0.4, 0.5) is 18.0 Å². The molecule has 0 atom stereocenters. The van der Waals surface area contributed by atoms with Gasteiger partial charge in [0, 0.05) is 32.5 Å². The lowest BCUT2D eigenvalue weighted by Crippen LogP contribution is -2.49. The summed E-state index contributed by atoms with van der Waals surface area (Å²) in [6.45, 7) is 1.52. The minimum Gasteiger partial charge on any atom is -0.334 e. The van der Waals surface area contributed by atoms with Crippen LogP contribution in [0.15, 0.2) is 60.7 Å². The van der Waals surface area contributed by atoms with Crippen molar-refractivity contribution in [3.63, 3.8) is 0 Å². The van der Waals surface area contributed by atoms with E-state index in [0.29, 0.717) is 43.7 Å². The number of nitrogens with zero attached hydrogens (tertiary/aromatic N) is 1. The summed E-state index contributed by atoms with van der Waals surface area (Å²) in [6.07, 6.45) is -1.25. The summed E-state index contributed by atoms with van der Waals surface area (Å²) in [7, 11) is 0. The third-order valence-corrected chi connectivity index (χ3v) is 5.48. The number of hydrogen-bond acceptors (Lipinski definition) is 3. The molecule has 5 nitrogen and oxygen atoms in total. The van der Waals surface area contributed by atoms with Gasteiger partial charge in [-0.1, -0.05) is 42.5 Å². The van der Waals surface area contributed by atoms with Crippen LogP contribution in [0, 0.1) is 0 Å². The normalized spacial score (nSPS) is 18.1. The number of amides is 2. The number of urea groups is 1. The quantitative estimate of drug-likeness (QED) is 0.782. The second-order valence-corrected chi connectivity index (χ2v) is 7.53. The SMILES string of the molecule is O=C(NCc1ccccc1)N1CCC2(C=C(c3ccc(C(F)(F)F)cc3)NO2)CC1. The molecule has 2 aromatic carbocycles. The van der Waals surface area contributed by atoms with Crippen LogP contribution in [0.1, 0.15) is 29.5 Å². The maximum Gasteiger partial charge on any atom is 0.416 e. The molecule has 0 radical (unpaired) electrons. The van der Waals surface area contributed by atoms with Gasteiger partial charge in [0.15, 0.2) is 0 Å². The summed E-state index contributed by atoms with van der Waals surface area (Å²) < 4.78 is 38.2. The van der Waals surface area contributed by atoms with Crippen molar-refractivity contribution in [3.05, 3.63) is 77.4 Å². The maximum atomic E-state index is 12.7. The Morgan fingerprint density at radius 3 is 2.37 bits per heavy atom. The van der Waals surface area contributed by atoms with Crippen molar-refractivity contribution >= 4 is 11.7 Å². The van der Waals surface area contributed by atoms with Crippen molar-refractivity contribution < 1.29 is 22.8 Å². The third kappa shape index (κ3) is 4.43. The number of nitrogens with one attached hydrogen (secondary N) is 2. The largest absolute Gasteiger partial charge is 0.416 e. The van der Waals surface area contributed by atoms with Crippen LogP contribution in [0.2, 0.25) is 0 Å². The molecule has 158 valence electrons. The lowest BCUT2D eigenvalue weighted by Gasteiger charge is -2.36. The molecule has 8 heteroatoms. The maximum absolute atomic E-state index is 12.7. The highest BCUT2D eigenvalue weighted by Gasteiger charge is 2.40. The Kier molecular flexibility index (Phi) is 5.42. The number of piperidine rings is 1. The fourth-order valence-electron chi connectivity index (χ4n) is 3.68. The van der Waals surface area contributed by atoms with E-state index in [1.807, 2.05) is 36.4 Å². The average Bonchev–Trinajstić information content (AvgIpc) is 3.16. The number of benzene rings is 2. The Morgan fingerprint density at radius 1 is 1.07 bits per heavy atom. The van der Waals surface area contributed by atoms with E-state index in [0.717, 1.165) is 17.7 Å². The summed E-state index contributed by atoms with van der Waals surface area (Å²) in [4.78, 5) is 20.0. The molecule has 1 spiro atoms. The van der Waals surface area contributed by atoms with Crippen molar-refractivity contribution in [1.29, 1.82) is 0 Å². The number of hydroxylamine groups is 1. The van der Waals surface area contributed by atoms with Gasteiger partial charge in [0.2, 0.25) is 0 Å². The van der Waals surface area contributed by atoms with E-state index in [1.54, 1.807) is 4.90 Å². The molecular weight excluding hydrogens is 395 g/mol. The summed E-state index contributed by atoms with van der Waals surface area (Å²) in [5.41, 5.74) is 3.90. The number of hydrogen-bond donors (Lipinski definition) is 2. The van der Waals surface area contributed by atoms with Gasteiger partial charge >= 0.3 is 12.2 Å². The van der Waals surface area contributed by atoms with Crippen molar-refractivity contribution in [3.8, 4) is 0 Å². The first-order valence-corrected chi connectivity index (χ1v) is 9.76. The molecule has 4 rings (SSSR count). The molecule has 0 unspecified atom stereocenters. The number of likely N-dealkylation sites (tertiary alicyclic amines) is 1. The Hall–Kier alpha value is -3.00. The zero-order valence-corrected chi connectivity index (χ0v) is 16.2. The van der Waals surface area contributed by atoms with Gasteiger partial charge in [-0.25, -0.2) is 4.79 Å². The van der Waals surface area contributed by atoms with Crippen LogP contribution >= 0.6 is 0 Å². The van der Waals surface area contributed by atoms with Gasteiger partial charge in [-0.15, -0.1) is 0 Å². The molecule has 0 aromatic heterocycles. The highest BCUT2D eigenvalue weighted by Crippen LogP contribution is 2.36. The average molecular weight is 417 g/mol. The Bertz CT molecular complexity index is 919. The molecule has 2 aliphatic heterocycles. The second kappa shape index (κ2) is 8.02. The van der Waals surface area contributed by atoms with Crippen LogP contribution in [-0.4, -0.2) is 29.6 Å². The number of carbonyl (C=O) groups is 1. The third-order valence-electron chi connectivity index (χ3n) is 5.48. The monoisotopic (exact) mass is 417 g/mol. The fraction of sp³-hybridized carbons (Fsp3) is 0.318. The van der Waals surface area contributed by atoms with E-state index in [1.165, 1.54) is 12.1 Å². The zero-order chi connectivity index (χ0) is 21.2. The van der Waals surface area contributed by atoms with Gasteiger partial charge < -0.3 is 10.2 Å². The molecule has 2 N–H and O–H groups in total. The molecule has 0 aliphatic carbocycles. The fourth-order valence-corrected chi connectivity index (χ4v) is 3.68. The van der Waals surface area contributed by atoms with Crippen molar-refractivity contribution in [2.75, 3.05) is 13.1 Å². The van der Waals surface area contributed by atoms with Crippen molar-refractivity contribution in [2.45, 2.75) is 31.2 Å². The van der Waals surface area contributed by atoms with E-state index in [4.69, 9.17) is 4.84 Å². The Morgan fingerprint density at radius 2 is 1.73 bits per heavy atom. The molecule has 1 saturated heterocycles. The standard InChI is InChI=1S/C22H22F3N3O2/c23-22(24,25)18-8-6-17(7-9-18)19-14-21(30-27-19)10-12-28(13-11-21)20(29)26-15-16-4-2-1-3-5-16/h1-9,14,27H,10-13,15H2,(H,26,29). The molecule has 2 aromatic rings. The van der Waals surface area contributed by atoms with E-state index in [-0.39, 0.29) is 6.03 Å². The Balaban J connectivity index is 1.34. The van der Waals surface area contributed by atoms with E-state index < -0.39 is 17.3 Å². The molecule has 0 saturated carbocycles. The lowest BCUT2D eigenvalue weighted by molar-refractivity contribution is -0.137. The minimum atomic E-state index is -4.36. The molecule has 1 fully saturated rings. The van der Waals surface area contributed by atoms with E-state index in [9.17, 15) is 18.0 Å². The van der Waals surface area contributed by atoms with Gasteiger partial charge in [-0.2, -0.15) is 13.2 Å². The van der Waals surface area contributed by atoms with Gasteiger partial charge in [0.1, 0.15) is 5.60 Å². The minimum absolute atomic E-state index is 0.119. The first-order chi connectivity index (χ1) is 14.3. The second-order valence-electron chi connectivity index (χ2n) is 7.53. The highest BCUT2D eigenvalue weighted by molar-refractivity contribution is 5.74. The molecule has 0 bridgehead atoms. The predicted octanol–water partition coefficient (Wildman–Crippen LogP) is 4.33. The number of alkyl halides is 3. The first kappa shape index (κ1) is 20.3. The first-order valence-electron chi connectivity index (χ1n) is 9.76. The summed E-state index contributed by atoms with van der Waals surface area (Å²) in [5, 5.41) is 2.92. The Labute approximate surface area is 172 Å². The predicted molar refractivity (Wildman–Crippen MR) is 106 cm³/mol. The van der Waals surface area contributed by atoms with E-state index in [2.05, 4.69) is 10.8 Å². The van der Waals surface area contributed by atoms with Gasteiger partial charge in [-0.3, -0.25) is 10.3 Å². The smallest absolute Gasteiger partial charge is 0.334 e. The van der Waals surface area contributed by atoms with Gasteiger partial charge in [0.05, 0.1) is 11.3 Å². The summed E-state index contributed by atoms with van der Waals surface area (Å²) in [5.74, 6) is 0. The summed E-state index contributed by atoms with van der Waals surface area (Å²) >= 11 is 0. The van der Waals surface area contributed by atoms with Gasteiger partial charge in [-0.05, 0) is 29.3 Å². The van der Waals surface area contributed by atoms with Crippen LogP contribution < -0.4 is 10.8 Å².